The highest BCUT2D eigenvalue weighted by atomic mass is 19.1. The molecule has 0 bridgehead atoms. The Kier molecular flexibility index (Phi) is 7.05. The number of aliphatic carboxylic acids is 1. The molecule has 0 spiro atoms. The standard InChI is InChI=1S/C20H21FN2O4/c1-13(24)22-17(11-14-7-3-2-4-8-14)19(25)23-18(20(26)27)12-15-9-5-6-10-16(15)21/h2-10,17-18H,11-12H2,1H3,(H,22,24)(H,23,25)(H,26,27)/t17-,18-/m1/s1. The molecule has 3 N–H and O–H groups in total. The number of hydrogen-bond acceptors (Lipinski definition) is 3. The number of rotatable bonds is 8. The lowest BCUT2D eigenvalue weighted by molar-refractivity contribution is -0.142. The van der Waals surface area contributed by atoms with Crippen LogP contribution in [0.15, 0.2) is 54.6 Å². The Balaban J connectivity index is 2.13. The summed E-state index contributed by atoms with van der Waals surface area (Å²) in [6, 6.07) is 12.6. The first-order valence-electron chi connectivity index (χ1n) is 8.44. The maximum atomic E-state index is 13.8. The minimum Gasteiger partial charge on any atom is -0.480 e. The van der Waals surface area contributed by atoms with Gasteiger partial charge in [-0.2, -0.15) is 0 Å². The van der Waals surface area contributed by atoms with Gasteiger partial charge in [-0.3, -0.25) is 9.59 Å². The lowest BCUT2D eigenvalue weighted by atomic mass is 10.0. The maximum Gasteiger partial charge on any atom is 0.326 e. The minimum atomic E-state index is -1.32. The molecule has 2 atom stereocenters. The van der Waals surface area contributed by atoms with Crippen LogP contribution in [0.3, 0.4) is 0 Å². The van der Waals surface area contributed by atoms with E-state index in [4.69, 9.17) is 0 Å². The van der Waals surface area contributed by atoms with Gasteiger partial charge in [-0.15, -0.1) is 0 Å². The highest BCUT2D eigenvalue weighted by Gasteiger charge is 2.27. The summed E-state index contributed by atoms with van der Waals surface area (Å²) in [5.74, 6) is -2.88. The van der Waals surface area contributed by atoms with Crippen molar-refractivity contribution in [3.05, 3.63) is 71.5 Å². The molecule has 2 aromatic rings. The van der Waals surface area contributed by atoms with E-state index < -0.39 is 35.7 Å². The molecular formula is C20H21FN2O4. The average Bonchev–Trinajstić information content (AvgIpc) is 2.62. The summed E-state index contributed by atoms with van der Waals surface area (Å²) in [5, 5.41) is 14.3. The van der Waals surface area contributed by atoms with Crippen LogP contribution in [0.1, 0.15) is 18.1 Å². The van der Waals surface area contributed by atoms with E-state index in [0.717, 1.165) is 5.56 Å². The van der Waals surface area contributed by atoms with Crippen LogP contribution < -0.4 is 10.6 Å². The molecule has 27 heavy (non-hydrogen) atoms. The summed E-state index contributed by atoms with van der Waals surface area (Å²) in [6.45, 7) is 1.28. The number of carbonyl (C=O) groups excluding carboxylic acids is 2. The summed E-state index contributed by atoms with van der Waals surface area (Å²) in [4.78, 5) is 35.6. The van der Waals surface area contributed by atoms with E-state index in [-0.39, 0.29) is 18.4 Å². The zero-order valence-corrected chi connectivity index (χ0v) is 14.8. The number of benzene rings is 2. The van der Waals surface area contributed by atoms with Crippen molar-refractivity contribution in [2.24, 2.45) is 0 Å². The fourth-order valence-electron chi connectivity index (χ4n) is 2.66. The van der Waals surface area contributed by atoms with Crippen molar-refractivity contribution in [3.8, 4) is 0 Å². The molecule has 0 saturated carbocycles. The molecule has 0 aliphatic carbocycles. The van der Waals surface area contributed by atoms with Gasteiger partial charge in [0.05, 0.1) is 0 Å². The highest BCUT2D eigenvalue weighted by Crippen LogP contribution is 2.10. The first kappa shape index (κ1) is 20.1. The summed E-state index contributed by atoms with van der Waals surface area (Å²) in [5.41, 5.74) is 0.997. The molecule has 6 nitrogen and oxygen atoms in total. The van der Waals surface area contributed by atoms with E-state index in [2.05, 4.69) is 10.6 Å². The van der Waals surface area contributed by atoms with Crippen LogP contribution in [-0.2, 0) is 27.2 Å². The predicted molar refractivity (Wildman–Crippen MR) is 97.4 cm³/mol. The number of halogens is 1. The molecule has 0 radical (unpaired) electrons. The Morgan fingerprint density at radius 1 is 0.926 bits per heavy atom. The van der Waals surface area contributed by atoms with E-state index in [1.807, 2.05) is 6.07 Å². The molecule has 2 aromatic carbocycles. The first-order chi connectivity index (χ1) is 12.9. The summed E-state index contributed by atoms with van der Waals surface area (Å²) < 4.78 is 13.8. The molecule has 142 valence electrons. The van der Waals surface area contributed by atoms with Crippen LogP contribution in [0.25, 0.3) is 0 Å². The van der Waals surface area contributed by atoms with Crippen molar-refractivity contribution in [2.45, 2.75) is 31.8 Å². The number of amides is 2. The van der Waals surface area contributed by atoms with E-state index in [1.54, 1.807) is 30.3 Å². The van der Waals surface area contributed by atoms with Crippen LogP contribution in [0, 0.1) is 5.82 Å². The normalized spacial score (nSPS) is 12.7. The molecule has 2 amide bonds. The molecule has 0 saturated heterocycles. The number of hydrogen-bond donors (Lipinski definition) is 3. The number of carboxylic acids is 1. The van der Waals surface area contributed by atoms with Crippen molar-refractivity contribution in [3.63, 3.8) is 0 Å². The monoisotopic (exact) mass is 372 g/mol. The van der Waals surface area contributed by atoms with E-state index >= 15 is 0 Å². The topological polar surface area (TPSA) is 95.5 Å². The van der Waals surface area contributed by atoms with Gasteiger partial charge in [0, 0.05) is 19.8 Å². The van der Waals surface area contributed by atoms with Crippen LogP contribution in [0.5, 0.6) is 0 Å². The molecular weight excluding hydrogens is 351 g/mol. The van der Waals surface area contributed by atoms with Gasteiger partial charge in [0.25, 0.3) is 0 Å². The fraction of sp³-hybridized carbons (Fsp3) is 0.250. The third-order valence-electron chi connectivity index (χ3n) is 3.97. The van der Waals surface area contributed by atoms with Crippen molar-refractivity contribution < 1.29 is 23.9 Å². The van der Waals surface area contributed by atoms with E-state index in [9.17, 15) is 23.9 Å². The minimum absolute atomic E-state index is 0.185. The molecule has 7 heteroatoms. The van der Waals surface area contributed by atoms with Crippen LogP contribution in [0.2, 0.25) is 0 Å². The van der Waals surface area contributed by atoms with Gasteiger partial charge in [0.2, 0.25) is 11.8 Å². The quantitative estimate of drug-likeness (QED) is 0.657. The van der Waals surface area contributed by atoms with Gasteiger partial charge >= 0.3 is 5.97 Å². The third-order valence-corrected chi connectivity index (χ3v) is 3.97. The number of carboxylic acid groups (broad SMARTS) is 1. The van der Waals surface area contributed by atoms with Crippen LogP contribution in [0.4, 0.5) is 4.39 Å². The lowest BCUT2D eigenvalue weighted by Gasteiger charge is -2.21. The molecule has 0 aliphatic heterocycles. The van der Waals surface area contributed by atoms with Gasteiger partial charge < -0.3 is 15.7 Å². The Morgan fingerprint density at radius 2 is 1.56 bits per heavy atom. The Hall–Kier alpha value is -3.22. The van der Waals surface area contributed by atoms with E-state index in [1.165, 1.54) is 25.1 Å². The lowest BCUT2D eigenvalue weighted by Crippen LogP contribution is -2.52. The molecule has 0 heterocycles. The summed E-state index contributed by atoms with van der Waals surface area (Å²) in [6.07, 6.45) is 0.00413. The maximum absolute atomic E-state index is 13.8. The van der Waals surface area contributed by atoms with Crippen molar-refractivity contribution in [1.29, 1.82) is 0 Å². The number of nitrogens with one attached hydrogen (secondary N) is 2. The fourth-order valence-corrected chi connectivity index (χ4v) is 2.66. The number of carbonyl (C=O) groups is 3. The molecule has 2 rings (SSSR count). The SMILES string of the molecule is CC(=O)N[C@H](Cc1ccccc1)C(=O)N[C@H](Cc1ccccc1F)C(=O)O. The van der Waals surface area contributed by atoms with Crippen LogP contribution >= 0.6 is 0 Å². The largest absolute Gasteiger partial charge is 0.480 e. The molecule has 0 aliphatic rings. The zero-order chi connectivity index (χ0) is 19.8. The Bertz CT molecular complexity index is 811. The molecule has 0 fully saturated rings. The van der Waals surface area contributed by atoms with Gasteiger partial charge in [0.15, 0.2) is 0 Å². The van der Waals surface area contributed by atoms with Crippen molar-refractivity contribution >= 4 is 17.8 Å². The van der Waals surface area contributed by atoms with Gasteiger partial charge in [-0.05, 0) is 17.2 Å². The smallest absolute Gasteiger partial charge is 0.326 e. The second kappa shape index (κ2) is 9.47. The zero-order valence-electron chi connectivity index (χ0n) is 14.8. The average molecular weight is 372 g/mol. The Morgan fingerprint density at radius 3 is 2.15 bits per heavy atom. The third kappa shape index (κ3) is 6.22. The molecule has 0 unspecified atom stereocenters. The summed E-state index contributed by atoms with van der Waals surface area (Å²) in [7, 11) is 0. The van der Waals surface area contributed by atoms with Gasteiger partial charge in [-0.25, -0.2) is 9.18 Å². The summed E-state index contributed by atoms with van der Waals surface area (Å²) >= 11 is 0. The molecule has 0 aromatic heterocycles. The van der Waals surface area contributed by atoms with Crippen molar-refractivity contribution in [1.82, 2.24) is 10.6 Å². The predicted octanol–water partition coefficient (Wildman–Crippen LogP) is 1.68. The second-order valence-electron chi connectivity index (χ2n) is 6.14. The van der Waals surface area contributed by atoms with E-state index in [0.29, 0.717) is 0 Å². The van der Waals surface area contributed by atoms with Gasteiger partial charge in [-0.1, -0.05) is 48.5 Å². The van der Waals surface area contributed by atoms with Crippen molar-refractivity contribution in [2.75, 3.05) is 0 Å². The Labute approximate surface area is 156 Å². The second-order valence-corrected chi connectivity index (χ2v) is 6.14. The first-order valence-corrected chi connectivity index (χ1v) is 8.44. The highest BCUT2D eigenvalue weighted by molar-refractivity contribution is 5.90. The van der Waals surface area contributed by atoms with Gasteiger partial charge in [0.1, 0.15) is 17.9 Å². The van der Waals surface area contributed by atoms with Crippen LogP contribution in [-0.4, -0.2) is 35.0 Å².